The van der Waals surface area contributed by atoms with Crippen LogP contribution in [0.5, 0.6) is 0 Å². The molecule has 0 spiro atoms. The van der Waals surface area contributed by atoms with Crippen molar-refractivity contribution in [3.63, 3.8) is 0 Å². The van der Waals surface area contributed by atoms with Crippen LogP contribution in [0.25, 0.3) is 11.1 Å². The van der Waals surface area contributed by atoms with Crippen molar-refractivity contribution in [1.82, 2.24) is 0 Å². The number of aryl methyl sites for hydroxylation is 1. The number of rotatable bonds is 2. The van der Waals surface area contributed by atoms with Gasteiger partial charge in [0.25, 0.3) is 0 Å². The summed E-state index contributed by atoms with van der Waals surface area (Å²) < 4.78 is 5.06. The number of hydrogen-bond acceptors (Lipinski definition) is 2. The van der Waals surface area contributed by atoms with E-state index in [1.807, 2.05) is 37.3 Å². The number of carbonyl (C=O) groups excluding carboxylic acids is 1. The van der Waals surface area contributed by atoms with Gasteiger partial charge in [-0.2, -0.15) is 0 Å². The lowest BCUT2D eigenvalue weighted by atomic mass is 10.0. The number of carbonyl (C=O) groups is 1. The minimum Gasteiger partial charge on any atom is -0.461 e. The first-order valence-electron chi connectivity index (χ1n) is 4.41. The Morgan fingerprint density at radius 2 is 1.93 bits per heavy atom. The Hall–Kier alpha value is -1.83. The van der Waals surface area contributed by atoms with E-state index in [1.54, 1.807) is 0 Å². The highest BCUT2D eigenvalue weighted by Gasteiger charge is 2.08. The van der Waals surface area contributed by atoms with Crippen LogP contribution in [0, 0.1) is 6.92 Å². The van der Waals surface area contributed by atoms with Gasteiger partial charge < -0.3 is 4.42 Å². The zero-order chi connectivity index (χ0) is 9.97. The van der Waals surface area contributed by atoms with E-state index in [-0.39, 0.29) is 0 Å². The van der Waals surface area contributed by atoms with Crippen LogP contribution in [0.1, 0.15) is 16.1 Å². The first-order chi connectivity index (χ1) is 6.83. The van der Waals surface area contributed by atoms with Crippen molar-refractivity contribution in [2.24, 2.45) is 0 Å². The molecule has 0 unspecified atom stereocenters. The van der Waals surface area contributed by atoms with E-state index in [4.69, 9.17) is 4.42 Å². The molecular weight excluding hydrogens is 176 g/mol. The van der Waals surface area contributed by atoms with Gasteiger partial charge in [-0.25, -0.2) is 0 Å². The molecule has 0 aliphatic heterocycles. The molecule has 0 saturated carbocycles. The average Bonchev–Trinajstić information content (AvgIpc) is 2.66. The fourth-order valence-electron chi connectivity index (χ4n) is 1.51. The van der Waals surface area contributed by atoms with E-state index in [2.05, 4.69) is 0 Å². The van der Waals surface area contributed by atoms with E-state index in [0.29, 0.717) is 5.76 Å². The number of hydrogen-bond donors (Lipinski definition) is 0. The Labute approximate surface area is 82.2 Å². The van der Waals surface area contributed by atoms with Crippen LogP contribution in [-0.4, -0.2) is 6.29 Å². The predicted molar refractivity (Wildman–Crippen MR) is 54.3 cm³/mol. The van der Waals surface area contributed by atoms with Crippen LogP contribution in [0.15, 0.2) is 41.0 Å². The van der Waals surface area contributed by atoms with E-state index < -0.39 is 0 Å². The fraction of sp³-hybridized carbons (Fsp3) is 0.0833. The number of benzene rings is 1. The zero-order valence-electron chi connectivity index (χ0n) is 7.86. The maximum Gasteiger partial charge on any atom is 0.185 e. The lowest BCUT2D eigenvalue weighted by Crippen LogP contribution is -1.84. The summed E-state index contributed by atoms with van der Waals surface area (Å²) in [6.07, 6.45) is 2.27. The largest absolute Gasteiger partial charge is 0.461 e. The van der Waals surface area contributed by atoms with Gasteiger partial charge in [-0.1, -0.05) is 24.3 Å². The summed E-state index contributed by atoms with van der Waals surface area (Å²) in [4.78, 5) is 10.7. The van der Waals surface area contributed by atoms with Crippen LogP contribution >= 0.6 is 0 Å². The summed E-state index contributed by atoms with van der Waals surface area (Å²) in [7, 11) is 0. The third-order valence-electron chi connectivity index (χ3n) is 2.24. The minimum absolute atomic E-state index is 0.388. The van der Waals surface area contributed by atoms with Crippen molar-refractivity contribution in [3.8, 4) is 11.1 Å². The summed E-state index contributed by atoms with van der Waals surface area (Å²) >= 11 is 0. The molecule has 0 aliphatic rings. The van der Waals surface area contributed by atoms with Gasteiger partial charge in [-0.05, 0) is 24.1 Å². The molecule has 14 heavy (non-hydrogen) atoms. The Kier molecular flexibility index (Phi) is 2.19. The first-order valence-corrected chi connectivity index (χ1v) is 4.41. The Bertz CT molecular complexity index is 455. The molecular formula is C12H10O2. The van der Waals surface area contributed by atoms with Gasteiger partial charge in [0, 0.05) is 5.56 Å². The maximum atomic E-state index is 10.7. The quantitative estimate of drug-likeness (QED) is 0.674. The van der Waals surface area contributed by atoms with Gasteiger partial charge in [0.05, 0.1) is 6.26 Å². The molecule has 0 N–H and O–H groups in total. The Morgan fingerprint density at radius 3 is 2.64 bits per heavy atom. The third-order valence-corrected chi connectivity index (χ3v) is 2.24. The normalized spacial score (nSPS) is 10.1. The Morgan fingerprint density at radius 1 is 1.14 bits per heavy atom. The van der Waals surface area contributed by atoms with Crippen LogP contribution in [0.2, 0.25) is 0 Å². The second-order valence-corrected chi connectivity index (χ2v) is 3.13. The molecule has 0 fully saturated rings. The molecule has 0 aliphatic carbocycles. The highest BCUT2D eigenvalue weighted by Crippen LogP contribution is 2.26. The van der Waals surface area contributed by atoms with Crippen molar-refractivity contribution in [1.29, 1.82) is 0 Å². The molecule has 1 aromatic carbocycles. The maximum absolute atomic E-state index is 10.7. The summed E-state index contributed by atoms with van der Waals surface area (Å²) in [5.41, 5.74) is 3.04. The van der Waals surface area contributed by atoms with E-state index >= 15 is 0 Å². The molecule has 2 aromatic rings. The lowest BCUT2D eigenvalue weighted by molar-refractivity contribution is 0.110. The lowest BCUT2D eigenvalue weighted by Gasteiger charge is -2.02. The van der Waals surface area contributed by atoms with Gasteiger partial charge in [-0.3, -0.25) is 4.79 Å². The smallest absolute Gasteiger partial charge is 0.185 e. The highest BCUT2D eigenvalue weighted by atomic mass is 16.3. The summed E-state index contributed by atoms with van der Waals surface area (Å²) in [6.45, 7) is 2.01. The zero-order valence-corrected chi connectivity index (χ0v) is 7.86. The monoisotopic (exact) mass is 186 g/mol. The Balaban J connectivity index is 2.60. The topological polar surface area (TPSA) is 30.2 Å². The number of aldehydes is 1. The highest BCUT2D eigenvalue weighted by molar-refractivity contribution is 5.85. The van der Waals surface area contributed by atoms with Crippen molar-refractivity contribution in [2.75, 3.05) is 0 Å². The van der Waals surface area contributed by atoms with Gasteiger partial charge >= 0.3 is 0 Å². The fourth-order valence-corrected chi connectivity index (χ4v) is 1.51. The summed E-state index contributed by atoms with van der Waals surface area (Å²) in [5.74, 6) is 0.388. The molecule has 0 bridgehead atoms. The molecule has 2 heteroatoms. The number of furan rings is 1. The SMILES string of the molecule is Cc1ccccc1-c1ccoc1C=O. The molecule has 2 nitrogen and oxygen atoms in total. The van der Waals surface area contributed by atoms with E-state index in [9.17, 15) is 4.79 Å². The second kappa shape index (κ2) is 3.50. The van der Waals surface area contributed by atoms with E-state index in [1.165, 1.54) is 6.26 Å². The molecule has 0 saturated heterocycles. The molecule has 1 aromatic heterocycles. The van der Waals surface area contributed by atoms with Crippen molar-refractivity contribution in [2.45, 2.75) is 6.92 Å². The van der Waals surface area contributed by atoms with Crippen LogP contribution < -0.4 is 0 Å². The van der Waals surface area contributed by atoms with Gasteiger partial charge in [-0.15, -0.1) is 0 Å². The van der Waals surface area contributed by atoms with Crippen molar-refractivity contribution >= 4 is 6.29 Å². The molecule has 1 heterocycles. The molecule has 0 atom stereocenters. The standard InChI is InChI=1S/C12H10O2/c1-9-4-2-3-5-10(9)11-6-7-14-12(11)8-13/h2-8H,1H3. The van der Waals surface area contributed by atoms with Crippen molar-refractivity contribution in [3.05, 3.63) is 47.9 Å². The van der Waals surface area contributed by atoms with Crippen LogP contribution in [0.4, 0.5) is 0 Å². The second-order valence-electron chi connectivity index (χ2n) is 3.13. The molecule has 70 valence electrons. The summed E-state index contributed by atoms with van der Waals surface area (Å²) in [6, 6.07) is 9.72. The van der Waals surface area contributed by atoms with Gasteiger partial charge in [0.2, 0.25) is 0 Å². The predicted octanol–water partition coefficient (Wildman–Crippen LogP) is 3.07. The van der Waals surface area contributed by atoms with Crippen LogP contribution in [-0.2, 0) is 0 Å². The van der Waals surface area contributed by atoms with Crippen molar-refractivity contribution < 1.29 is 9.21 Å². The van der Waals surface area contributed by atoms with E-state index in [0.717, 1.165) is 23.0 Å². The summed E-state index contributed by atoms with van der Waals surface area (Å²) in [5, 5.41) is 0. The minimum atomic E-state index is 0.388. The van der Waals surface area contributed by atoms with Gasteiger partial charge in [0.1, 0.15) is 0 Å². The first kappa shape index (κ1) is 8.75. The average molecular weight is 186 g/mol. The third kappa shape index (κ3) is 1.35. The molecule has 0 radical (unpaired) electrons. The van der Waals surface area contributed by atoms with Crippen LogP contribution in [0.3, 0.4) is 0 Å². The van der Waals surface area contributed by atoms with Gasteiger partial charge in [0.15, 0.2) is 12.0 Å². The molecule has 2 rings (SSSR count). The molecule has 0 amide bonds.